The number of primary amides is 1. The van der Waals surface area contributed by atoms with Gasteiger partial charge in [-0.1, -0.05) is 44.7 Å². The van der Waals surface area contributed by atoms with E-state index < -0.39 is 6.03 Å². The predicted octanol–water partition coefficient (Wildman–Crippen LogP) is 4.19. The van der Waals surface area contributed by atoms with Gasteiger partial charge in [-0.25, -0.2) is 4.79 Å². The molecule has 4 heteroatoms. The summed E-state index contributed by atoms with van der Waals surface area (Å²) in [5.74, 6) is 0. The fourth-order valence-corrected chi connectivity index (χ4v) is 2.48. The zero-order valence-corrected chi connectivity index (χ0v) is 13.5. The third-order valence-corrected chi connectivity index (χ3v) is 3.70. The van der Waals surface area contributed by atoms with Crippen LogP contribution in [0.25, 0.3) is 0 Å². The van der Waals surface area contributed by atoms with Crippen LogP contribution in [0.5, 0.6) is 0 Å². The van der Waals surface area contributed by atoms with Crippen LogP contribution in [0.4, 0.5) is 10.5 Å². The lowest BCUT2D eigenvalue weighted by Gasteiger charge is -2.20. The van der Waals surface area contributed by atoms with E-state index >= 15 is 0 Å². The van der Waals surface area contributed by atoms with Crippen LogP contribution in [0.15, 0.2) is 24.3 Å². The van der Waals surface area contributed by atoms with Crippen molar-refractivity contribution in [2.24, 2.45) is 5.73 Å². The number of benzene rings is 1. The molecular weight excluding hydrogens is 262 g/mol. The van der Waals surface area contributed by atoms with Crippen molar-refractivity contribution < 1.29 is 4.79 Å². The van der Waals surface area contributed by atoms with Gasteiger partial charge in [-0.15, -0.1) is 0 Å². The highest BCUT2D eigenvalue weighted by Gasteiger charge is 2.09. The quantitative estimate of drug-likeness (QED) is 0.597. The summed E-state index contributed by atoms with van der Waals surface area (Å²) in [6.07, 6.45) is 6.44. The molecule has 1 rings (SSSR count). The zero-order valence-electron chi connectivity index (χ0n) is 13.5. The van der Waals surface area contributed by atoms with Crippen LogP contribution < -0.4 is 16.4 Å². The molecule has 0 heterocycles. The van der Waals surface area contributed by atoms with Crippen molar-refractivity contribution >= 4 is 11.7 Å². The summed E-state index contributed by atoms with van der Waals surface area (Å²) in [4.78, 5) is 10.8. The number of hydrogen-bond donors (Lipinski definition) is 3. The second-order valence-corrected chi connectivity index (χ2v) is 5.75. The number of nitrogens with one attached hydrogen (secondary N) is 2. The van der Waals surface area contributed by atoms with Crippen molar-refractivity contribution in [3.8, 4) is 0 Å². The third-order valence-electron chi connectivity index (χ3n) is 3.70. The first-order valence-electron chi connectivity index (χ1n) is 7.95. The van der Waals surface area contributed by atoms with Crippen molar-refractivity contribution in [1.82, 2.24) is 5.32 Å². The van der Waals surface area contributed by atoms with E-state index in [1.807, 2.05) is 24.3 Å². The van der Waals surface area contributed by atoms with E-state index in [2.05, 4.69) is 31.4 Å². The number of urea groups is 1. The lowest BCUT2D eigenvalue weighted by atomic mass is 10.0. The summed E-state index contributed by atoms with van der Waals surface area (Å²) in [7, 11) is 0. The molecule has 2 amide bonds. The monoisotopic (exact) mass is 291 g/mol. The van der Waals surface area contributed by atoms with Gasteiger partial charge in [0.1, 0.15) is 0 Å². The van der Waals surface area contributed by atoms with Crippen LogP contribution >= 0.6 is 0 Å². The summed E-state index contributed by atoms with van der Waals surface area (Å²) in [5.41, 5.74) is 7.03. The van der Waals surface area contributed by atoms with Crippen LogP contribution in [-0.4, -0.2) is 12.1 Å². The van der Waals surface area contributed by atoms with Crippen LogP contribution in [0.2, 0.25) is 0 Å². The molecule has 1 aromatic carbocycles. The van der Waals surface area contributed by atoms with Gasteiger partial charge in [-0.2, -0.15) is 0 Å². The summed E-state index contributed by atoms with van der Waals surface area (Å²) in [5, 5.41) is 6.19. The Kier molecular flexibility index (Phi) is 7.83. The zero-order chi connectivity index (χ0) is 15.7. The second-order valence-electron chi connectivity index (χ2n) is 5.75. The van der Waals surface area contributed by atoms with E-state index in [1.165, 1.54) is 37.7 Å². The number of amides is 2. The van der Waals surface area contributed by atoms with Gasteiger partial charge in [0.2, 0.25) is 0 Å². The van der Waals surface area contributed by atoms with Gasteiger partial charge in [0.05, 0.1) is 0 Å². The average molecular weight is 291 g/mol. The number of carbonyl (C=O) groups excluding carboxylic acids is 1. The van der Waals surface area contributed by atoms with E-state index in [1.54, 1.807) is 0 Å². The van der Waals surface area contributed by atoms with Crippen LogP contribution in [0.1, 0.15) is 64.5 Å². The van der Waals surface area contributed by atoms with Gasteiger partial charge >= 0.3 is 6.03 Å². The normalized spacial score (nSPS) is 13.7. The molecule has 0 saturated heterocycles. The molecule has 4 nitrogen and oxygen atoms in total. The minimum absolute atomic E-state index is 0.300. The fraction of sp³-hybridized carbons (Fsp3) is 0.588. The maximum absolute atomic E-state index is 10.8. The first-order valence-corrected chi connectivity index (χ1v) is 7.95. The SMILES string of the molecule is CCCCCCC(C)NC(C)c1ccc(NC(N)=O)cc1. The summed E-state index contributed by atoms with van der Waals surface area (Å²) >= 11 is 0. The predicted molar refractivity (Wildman–Crippen MR) is 89.4 cm³/mol. The molecule has 0 aliphatic heterocycles. The van der Waals surface area contributed by atoms with Crippen LogP contribution in [0, 0.1) is 0 Å². The first-order chi connectivity index (χ1) is 10.0. The molecule has 0 saturated carbocycles. The Labute approximate surface area is 128 Å². The average Bonchev–Trinajstić information content (AvgIpc) is 2.43. The number of hydrogen-bond acceptors (Lipinski definition) is 2. The maximum atomic E-state index is 10.8. The molecule has 1 aromatic rings. The highest BCUT2D eigenvalue weighted by atomic mass is 16.2. The minimum Gasteiger partial charge on any atom is -0.351 e. The smallest absolute Gasteiger partial charge is 0.316 e. The van der Waals surface area contributed by atoms with E-state index in [0.717, 1.165) is 5.69 Å². The van der Waals surface area contributed by atoms with Crippen molar-refractivity contribution in [2.45, 2.75) is 65.0 Å². The van der Waals surface area contributed by atoms with Gasteiger partial charge in [-0.3, -0.25) is 0 Å². The van der Waals surface area contributed by atoms with Gasteiger partial charge in [0, 0.05) is 17.8 Å². The first kappa shape index (κ1) is 17.5. The van der Waals surface area contributed by atoms with E-state index in [-0.39, 0.29) is 0 Å². The van der Waals surface area contributed by atoms with E-state index in [4.69, 9.17) is 5.73 Å². The molecular formula is C17H29N3O. The Balaban J connectivity index is 2.40. The standard InChI is InChI=1S/C17H29N3O/c1-4-5-6-7-8-13(2)19-14(3)15-9-11-16(12-10-15)20-17(18)21/h9-14,19H,4-8H2,1-3H3,(H3,18,20,21). The lowest BCUT2D eigenvalue weighted by molar-refractivity contribution is 0.259. The second kappa shape index (κ2) is 9.40. The van der Waals surface area contributed by atoms with E-state index in [9.17, 15) is 4.79 Å². The van der Waals surface area contributed by atoms with Crippen molar-refractivity contribution in [3.63, 3.8) is 0 Å². The van der Waals surface area contributed by atoms with Crippen molar-refractivity contribution in [2.75, 3.05) is 5.32 Å². The Morgan fingerprint density at radius 3 is 2.38 bits per heavy atom. The topological polar surface area (TPSA) is 67.2 Å². The molecule has 21 heavy (non-hydrogen) atoms. The molecule has 4 N–H and O–H groups in total. The molecule has 118 valence electrons. The molecule has 2 atom stereocenters. The lowest BCUT2D eigenvalue weighted by Crippen LogP contribution is -2.28. The molecule has 0 fully saturated rings. The van der Waals surface area contributed by atoms with E-state index in [0.29, 0.717) is 12.1 Å². The fourth-order valence-electron chi connectivity index (χ4n) is 2.48. The third kappa shape index (κ3) is 7.14. The Hall–Kier alpha value is -1.55. The van der Waals surface area contributed by atoms with Gasteiger partial charge in [0.25, 0.3) is 0 Å². The number of rotatable bonds is 9. The Morgan fingerprint density at radius 1 is 1.14 bits per heavy atom. The largest absolute Gasteiger partial charge is 0.351 e. The van der Waals surface area contributed by atoms with Crippen LogP contribution in [0.3, 0.4) is 0 Å². The number of anilines is 1. The highest BCUT2D eigenvalue weighted by molar-refractivity contribution is 5.87. The number of unbranched alkanes of at least 4 members (excludes halogenated alkanes) is 3. The molecule has 0 radical (unpaired) electrons. The van der Waals surface area contributed by atoms with Crippen LogP contribution in [-0.2, 0) is 0 Å². The molecule has 0 bridgehead atoms. The Bertz CT molecular complexity index is 417. The molecule has 0 spiro atoms. The van der Waals surface area contributed by atoms with Gasteiger partial charge in [-0.05, 0) is 38.0 Å². The molecule has 0 aliphatic rings. The number of nitrogens with two attached hydrogens (primary N) is 1. The highest BCUT2D eigenvalue weighted by Crippen LogP contribution is 2.17. The maximum Gasteiger partial charge on any atom is 0.316 e. The van der Waals surface area contributed by atoms with Crippen molar-refractivity contribution in [3.05, 3.63) is 29.8 Å². The summed E-state index contributed by atoms with van der Waals surface area (Å²) in [6.45, 7) is 6.64. The summed E-state index contributed by atoms with van der Waals surface area (Å²) < 4.78 is 0. The molecule has 2 unspecified atom stereocenters. The number of carbonyl (C=O) groups is 1. The minimum atomic E-state index is -0.533. The molecule has 0 aromatic heterocycles. The molecule has 0 aliphatic carbocycles. The van der Waals surface area contributed by atoms with Gasteiger partial charge in [0.15, 0.2) is 0 Å². The van der Waals surface area contributed by atoms with Gasteiger partial charge < -0.3 is 16.4 Å². The Morgan fingerprint density at radius 2 is 1.81 bits per heavy atom. The van der Waals surface area contributed by atoms with Crippen molar-refractivity contribution in [1.29, 1.82) is 0 Å². The summed E-state index contributed by atoms with van der Waals surface area (Å²) in [6, 6.07) is 8.08.